The number of aryl methyl sites for hydroxylation is 2. The quantitative estimate of drug-likeness (QED) is 0.206. The van der Waals surface area contributed by atoms with E-state index in [9.17, 15) is 22.4 Å². The van der Waals surface area contributed by atoms with Gasteiger partial charge in [0, 0.05) is 19.5 Å². The maximum atomic E-state index is 14.4. The number of sulfonamides is 1. The van der Waals surface area contributed by atoms with Crippen molar-refractivity contribution in [2.24, 2.45) is 0 Å². The van der Waals surface area contributed by atoms with Crippen LogP contribution in [0.3, 0.4) is 0 Å². The molecule has 0 aliphatic rings. The second-order valence-electron chi connectivity index (χ2n) is 10.8. The Bertz CT molecular complexity index is 1660. The normalized spacial score (nSPS) is 11.9. The van der Waals surface area contributed by atoms with Crippen molar-refractivity contribution in [1.29, 1.82) is 0 Å². The zero-order valence-electron chi connectivity index (χ0n) is 25.2. The largest absolute Gasteiger partial charge is 0.354 e. The molecule has 0 unspecified atom stereocenters. The van der Waals surface area contributed by atoms with Crippen molar-refractivity contribution >= 4 is 27.5 Å². The molecule has 0 spiro atoms. The van der Waals surface area contributed by atoms with E-state index in [4.69, 9.17) is 0 Å². The number of nitrogens with one attached hydrogen (secondary N) is 1. The van der Waals surface area contributed by atoms with Crippen molar-refractivity contribution in [1.82, 2.24) is 10.2 Å². The van der Waals surface area contributed by atoms with E-state index >= 15 is 0 Å². The van der Waals surface area contributed by atoms with Crippen LogP contribution >= 0.6 is 0 Å². The Hall–Kier alpha value is -4.50. The molecule has 4 aromatic rings. The SMILES string of the molecule is CCCNC(=O)[C@H](Cc1ccccc1)N(Cc1cccc(C)c1)C(=O)CN(c1ccc(C)cc1)S(=O)(=O)c1ccc(F)cc1. The smallest absolute Gasteiger partial charge is 0.264 e. The van der Waals surface area contributed by atoms with Gasteiger partial charge in [0.2, 0.25) is 11.8 Å². The molecule has 0 aromatic heterocycles. The summed E-state index contributed by atoms with van der Waals surface area (Å²) < 4.78 is 42.7. The summed E-state index contributed by atoms with van der Waals surface area (Å²) in [6.45, 7) is 5.73. The molecule has 1 atom stereocenters. The van der Waals surface area contributed by atoms with Gasteiger partial charge in [-0.05, 0) is 67.8 Å². The van der Waals surface area contributed by atoms with Crippen molar-refractivity contribution in [3.05, 3.63) is 131 Å². The topological polar surface area (TPSA) is 86.8 Å². The molecule has 4 rings (SSSR count). The summed E-state index contributed by atoms with van der Waals surface area (Å²) >= 11 is 0. The summed E-state index contributed by atoms with van der Waals surface area (Å²) in [5, 5.41) is 2.94. The summed E-state index contributed by atoms with van der Waals surface area (Å²) in [6.07, 6.45) is 0.954. The Kier molecular flexibility index (Phi) is 10.9. The minimum absolute atomic E-state index is 0.0931. The van der Waals surface area contributed by atoms with Crippen LogP contribution in [-0.2, 0) is 32.6 Å². The molecule has 0 saturated carbocycles. The fraction of sp³-hybridized carbons (Fsp3) is 0.257. The summed E-state index contributed by atoms with van der Waals surface area (Å²) in [7, 11) is -4.29. The zero-order valence-corrected chi connectivity index (χ0v) is 26.1. The predicted octanol–water partition coefficient (Wildman–Crippen LogP) is 5.80. The monoisotopic (exact) mass is 615 g/mol. The predicted molar refractivity (Wildman–Crippen MR) is 171 cm³/mol. The minimum atomic E-state index is -4.29. The van der Waals surface area contributed by atoms with Crippen LogP contribution in [-0.4, -0.2) is 44.3 Å². The lowest BCUT2D eigenvalue weighted by atomic mass is 10.0. The van der Waals surface area contributed by atoms with Crippen LogP contribution in [0.25, 0.3) is 0 Å². The van der Waals surface area contributed by atoms with E-state index in [0.29, 0.717) is 13.0 Å². The fourth-order valence-electron chi connectivity index (χ4n) is 4.90. The number of carbonyl (C=O) groups excluding carboxylic acids is 2. The first-order valence-corrected chi connectivity index (χ1v) is 16.0. The van der Waals surface area contributed by atoms with Crippen LogP contribution in [0.4, 0.5) is 10.1 Å². The Morgan fingerprint density at radius 1 is 0.818 bits per heavy atom. The van der Waals surface area contributed by atoms with Gasteiger partial charge in [0.15, 0.2) is 0 Å². The summed E-state index contributed by atoms with van der Waals surface area (Å²) in [5.41, 5.74) is 3.85. The third-order valence-electron chi connectivity index (χ3n) is 7.26. The first-order chi connectivity index (χ1) is 21.1. The summed E-state index contributed by atoms with van der Waals surface area (Å²) in [4.78, 5) is 29.4. The Balaban J connectivity index is 1.79. The molecule has 1 N–H and O–H groups in total. The zero-order chi connectivity index (χ0) is 31.7. The lowest BCUT2D eigenvalue weighted by Crippen LogP contribution is -2.53. The van der Waals surface area contributed by atoms with Gasteiger partial charge >= 0.3 is 0 Å². The van der Waals surface area contributed by atoms with E-state index < -0.39 is 34.3 Å². The highest BCUT2D eigenvalue weighted by Crippen LogP contribution is 2.26. The van der Waals surface area contributed by atoms with Crippen molar-refractivity contribution in [2.45, 2.75) is 51.1 Å². The molecule has 2 amide bonds. The highest BCUT2D eigenvalue weighted by atomic mass is 32.2. The number of hydrogen-bond acceptors (Lipinski definition) is 4. The number of halogens is 1. The van der Waals surface area contributed by atoms with Gasteiger partial charge < -0.3 is 10.2 Å². The van der Waals surface area contributed by atoms with E-state index in [1.165, 1.54) is 17.0 Å². The standard InChI is InChI=1S/C35H38FN3O4S/c1-4-21-37-35(41)33(23-28-10-6-5-7-11-28)38(24-29-12-8-9-27(3)22-29)34(40)25-39(31-17-13-26(2)14-18-31)44(42,43)32-19-15-30(36)16-20-32/h5-20,22,33H,4,21,23-25H2,1-3H3,(H,37,41)/t33-/m0/s1. The van der Waals surface area contributed by atoms with Gasteiger partial charge in [0.25, 0.3) is 10.0 Å². The van der Waals surface area contributed by atoms with Gasteiger partial charge in [-0.25, -0.2) is 12.8 Å². The molecule has 0 radical (unpaired) electrons. The highest BCUT2D eigenvalue weighted by Gasteiger charge is 2.34. The van der Waals surface area contributed by atoms with Gasteiger partial charge in [-0.1, -0.05) is 84.8 Å². The Morgan fingerprint density at radius 3 is 2.11 bits per heavy atom. The number of carbonyl (C=O) groups is 2. The lowest BCUT2D eigenvalue weighted by Gasteiger charge is -2.34. The molecule has 230 valence electrons. The van der Waals surface area contributed by atoms with Gasteiger partial charge in [-0.2, -0.15) is 0 Å². The second kappa shape index (κ2) is 14.8. The van der Waals surface area contributed by atoms with Gasteiger partial charge in [0.05, 0.1) is 10.6 Å². The number of hydrogen-bond donors (Lipinski definition) is 1. The molecule has 0 aliphatic carbocycles. The van der Waals surface area contributed by atoms with Crippen LogP contribution in [0.2, 0.25) is 0 Å². The molecule has 0 bridgehead atoms. The van der Waals surface area contributed by atoms with Gasteiger partial charge in [0.1, 0.15) is 18.4 Å². The molecule has 0 saturated heterocycles. The van der Waals surface area contributed by atoms with Crippen LogP contribution in [0, 0.1) is 19.7 Å². The van der Waals surface area contributed by atoms with Crippen molar-refractivity contribution in [3.8, 4) is 0 Å². The third-order valence-corrected chi connectivity index (χ3v) is 9.05. The van der Waals surface area contributed by atoms with Gasteiger partial charge in [-0.15, -0.1) is 0 Å². The average molecular weight is 616 g/mol. The second-order valence-corrected chi connectivity index (χ2v) is 12.7. The Labute approximate surface area is 259 Å². The fourth-order valence-corrected chi connectivity index (χ4v) is 6.31. The summed E-state index contributed by atoms with van der Waals surface area (Å²) in [5.74, 6) is -1.45. The summed E-state index contributed by atoms with van der Waals surface area (Å²) in [6, 6.07) is 27.4. The van der Waals surface area contributed by atoms with Gasteiger partial charge in [-0.3, -0.25) is 13.9 Å². The highest BCUT2D eigenvalue weighted by molar-refractivity contribution is 7.92. The molecular weight excluding hydrogens is 577 g/mol. The van der Waals surface area contributed by atoms with Crippen LogP contribution in [0.5, 0.6) is 0 Å². The molecule has 0 heterocycles. The number of anilines is 1. The van der Waals surface area contributed by atoms with E-state index in [-0.39, 0.29) is 29.5 Å². The van der Waals surface area contributed by atoms with Crippen molar-refractivity contribution < 1.29 is 22.4 Å². The molecule has 7 nitrogen and oxygen atoms in total. The van der Waals surface area contributed by atoms with Crippen LogP contribution in [0.15, 0.2) is 108 Å². The average Bonchev–Trinajstić information content (AvgIpc) is 3.01. The molecule has 4 aromatic carbocycles. The first kappa shape index (κ1) is 32.4. The Morgan fingerprint density at radius 2 is 1.48 bits per heavy atom. The van der Waals surface area contributed by atoms with Crippen molar-refractivity contribution in [2.75, 3.05) is 17.4 Å². The molecule has 44 heavy (non-hydrogen) atoms. The minimum Gasteiger partial charge on any atom is -0.354 e. The van der Waals surface area contributed by atoms with E-state index in [1.54, 1.807) is 24.3 Å². The van der Waals surface area contributed by atoms with Crippen LogP contribution < -0.4 is 9.62 Å². The number of benzene rings is 4. The number of amides is 2. The lowest BCUT2D eigenvalue weighted by molar-refractivity contribution is -0.140. The van der Waals surface area contributed by atoms with Crippen molar-refractivity contribution in [3.63, 3.8) is 0 Å². The van der Waals surface area contributed by atoms with E-state index in [2.05, 4.69) is 5.32 Å². The van der Waals surface area contributed by atoms with E-state index in [0.717, 1.165) is 38.7 Å². The number of rotatable bonds is 13. The molecule has 0 fully saturated rings. The van der Waals surface area contributed by atoms with E-state index in [1.807, 2.05) is 75.4 Å². The van der Waals surface area contributed by atoms with Crippen LogP contribution in [0.1, 0.15) is 35.6 Å². The maximum absolute atomic E-state index is 14.4. The maximum Gasteiger partial charge on any atom is 0.264 e. The molecular formula is C35H38FN3O4S. The number of nitrogens with zero attached hydrogens (tertiary/aromatic N) is 2. The molecule has 0 aliphatic heterocycles. The molecule has 9 heteroatoms. The third kappa shape index (κ3) is 8.32. The first-order valence-electron chi connectivity index (χ1n) is 14.6.